The average molecular weight is 489 g/mol. The summed E-state index contributed by atoms with van der Waals surface area (Å²) in [5.41, 5.74) is -2.10. The van der Waals surface area contributed by atoms with E-state index in [0.717, 1.165) is 23.1 Å². The Morgan fingerprint density at radius 3 is 2.34 bits per heavy atom. The van der Waals surface area contributed by atoms with Crippen molar-refractivity contribution in [1.29, 1.82) is 5.26 Å². The number of likely N-dealkylation sites (tertiary alicyclic amines) is 1. The molecule has 182 valence electrons. The normalized spacial score (nSPS) is 17.3. The monoisotopic (exact) mass is 489 g/mol. The lowest BCUT2D eigenvalue weighted by molar-refractivity contribution is -0.161. The van der Waals surface area contributed by atoms with Crippen LogP contribution in [0, 0.1) is 17.1 Å². The zero-order valence-corrected chi connectivity index (χ0v) is 18.4. The number of carbonyl (C=O) groups is 3. The maximum atomic E-state index is 14.2. The maximum Gasteiger partial charge on any atom is 0.416 e. The topological polar surface area (TPSA) is 96.7 Å². The van der Waals surface area contributed by atoms with Crippen molar-refractivity contribution < 1.29 is 31.9 Å². The lowest BCUT2D eigenvalue weighted by atomic mass is 9.83. The fourth-order valence-electron chi connectivity index (χ4n) is 4.28. The standard InChI is InChI=1S/C23H19F4N5O3/c1-29-21(35)30-12-22(13-30)20(34)31(17-7-4-15(9-28)18(24)8-17)11-19(33)32(22)10-14-2-5-16(6-3-14)23(25,26)27/h2-8H,10-13H2,1H3,(H,29,35). The van der Waals surface area contributed by atoms with Crippen LogP contribution in [0.25, 0.3) is 0 Å². The minimum absolute atomic E-state index is 0.0757. The molecule has 1 N–H and O–H groups in total. The lowest BCUT2D eigenvalue weighted by Gasteiger charge is -2.57. The van der Waals surface area contributed by atoms with E-state index in [1.165, 1.54) is 41.1 Å². The first kappa shape index (κ1) is 24.0. The van der Waals surface area contributed by atoms with Crippen molar-refractivity contribution in [2.45, 2.75) is 18.3 Å². The molecule has 12 heteroatoms. The van der Waals surface area contributed by atoms with Gasteiger partial charge in [-0.3, -0.25) is 9.59 Å². The molecule has 2 aromatic rings. The Balaban J connectivity index is 1.66. The number of carbonyl (C=O) groups excluding carboxylic acids is 3. The van der Waals surface area contributed by atoms with Crippen molar-refractivity contribution >= 4 is 23.5 Å². The Kier molecular flexibility index (Phi) is 5.88. The van der Waals surface area contributed by atoms with Gasteiger partial charge in [0.15, 0.2) is 5.54 Å². The summed E-state index contributed by atoms with van der Waals surface area (Å²) in [6, 6.07) is 8.98. The number of halogens is 4. The van der Waals surface area contributed by atoms with Gasteiger partial charge in [-0.25, -0.2) is 9.18 Å². The number of urea groups is 1. The molecule has 0 saturated carbocycles. The molecule has 2 aromatic carbocycles. The highest BCUT2D eigenvalue weighted by molar-refractivity contribution is 6.10. The second kappa shape index (κ2) is 8.57. The van der Waals surface area contributed by atoms with Crippen LogP contribution in [0.1, 0.15) is 16.7 Å². The molecule has 0 unspecified atom stereocenters. The molecule has 2 saturated heterocycles. The number of anilines is 1. The van der Waals surface area contributed by atoms with Crippen LogP contribution in [0.3, 0.4) is 0 Å². The van der Waals surface area contributed by atoms with E-state index in [1.54, 1.807) is 6.07 Å². The molecule has 2 aliphatic rings. The fraction of sp³-hybridized carbons (Fsp3) is 0.304. The summed E-state index contributed by atoms with van der Waals surface area (Å²) >= 11 is 0. The van der Waals surface area contributed by atoms with Gasteiger partial charge in [0.1, 0.15) is 18.4 Å². The molecular weight excluding hydrogens is 470 g/mol. The second-order valence-corrected chi connectivity index (χ2v) is 8.28. The fourth-order valence-corrected chi connectivity index (χ4v) is 4.28. The van der Waals surface area contributed by atoms with Crippen LogP contribution in [0.2, 0.25) is 0 Å². The number of alkyl halides is 3. The molecule has 0 bridgehead atoms. The number of nitrogens with one attached hydrogen (secondary N) is 1. The van der Waals surface area contributed by atoms with E-state index in [0.29, 0.717) is 5.56 Å². The third-order valence-electron chi connectivity index (χ3n) is 6.17. The van der Waals surface area contributed by atoms with Gasteiger partial charge in [0.25, 0.3) is 5.91 Å². The summed E-state index contributed by atoms with van der Waals surface area (Å²) in [5.74, 6) is -1.94. The number of rotatable bonds is 3. The van der Waals surface area contributed by atoms with Crippen molar-refractivity contribution in [2.75, 3.05) is 31.6 Å². The Hall–Kier alpha value is -4.14. The maximum absolute atomic E-state index is 14.2. The zero-order valence-electron chi connectivity index (χ0n) is 18.4. The number of benzene rings is 2. The highest BCUT2D eigenvalue weighted by Gasteiger charge is 2.60. The van der Waals surface area contributed by atoms with Gasteiger partial charge in [-0.05, 0) is 35.9 Å². The smallest absolute Gasteiger partial charge is 0.341 e. The first-order valence-electron chi connectivity index (χ1n) is 10.4. The molecule has 2 heterocycles. The summed E-state index contributed by atoms with van der Waals surface area (Å²) in [6.07, 6.45) is -4.52. The molecule has 4 rings (SSSR count). The molecule has 2 aliphatic heterocycles. The van der Waals surface area contributed by atoms with Crippen LogP contribution in [-0.4, -0.2) is 59.9 Å². The van der Waals surface area contributed by atoms with Gasteiger partial charge in [-0.15, -0.1) is 0 Å². The second-order valence-electron chi connectivity index (χ2n) is 8.28. The largest absolute Gasteiger partial charge is 0.416 e. The molecule has 4 amide bonds. The average Bonchev–Trinajstić information content (AvgIpc) is 2.79. The summed E-state index contributed by atoms with van der Waals surface area (Å²) in [5, 5.41) is 11.4. The van der Waals surface area contributed by atoms with Gasteiger partial charge in [0, 0.05) is 19.3 Å². The Morgan fingerprint density at radius 1 is 1.14 bits per heavy atom. The third-order valence-corrected chi connectivity index (χ3v) is 6.17. The van der Waals surface area contributed by atoms with Gasteiger partial charge in [-0.2, -0.15) is 18.4 Å². The SMILES string of the molecule is CNC(=O)N1CC2(C1)C(=O)N(c1ccc(C#N)c(F)c1)CC(=O)N2Cc1ccc(C(F)(F)F)cc1. The predicted octanol–water partition coefficient (Wildman–Crippen LogP) is 2.49. The summed E-state index contributed by atoms with van der Waals surface area (Å²) in [6.45, 7) is -0.882. The van der Waals surface area contributed by atoms with Crippen LogP contribution >= 0.6 is 0 Å². The van der Waals surface area contributed by atoms with E-state index in [4.69, 9.17) is 5.26 Å². The van der Waals surface area contributed by atoms with Gasteiger partial charge in [0.2, 0.25) is 5.91 Å². The Labute approximate surface area is 197 Å². The van der Waals surface area contributed by atoms with Crippen LogP contribution in [0.15, 0.2) is 42.5 Å². The van der Waals surface area contributed by atoms with E-state index in [1.807, 2.05) is 0 Å². The van der Waals surface area contributed by atoms with Crippen LogP contribution < -0.4 is 10.2 Å². The zero-order chi connectivity index (χ0) is 25.5. The van der Waals surface area contributed by atoms with Gasteiger partial charge in [0.05, 0.1) is 24.2 Å². The number of nitrogens with zero attached hydrogens (tertiary/aromatic N) is 4. The lowest BCUT2D eigenvalue weighted by Crippen LogP contribution is -2.81. The predicted molar refractivity (Wildman–Crippen MR) is 114 cm³/mol. The number of hydrogen-bond acceptors (Lipinski definition) is 4. The van der Waals surface area contributed by atoms with Gasteiger partial charge < -0.3 is 20.0 Å². The van der Waals surface area contributed by atoms with Gasteiger partial charge in [-0.1, -0.05) is 12.1 Å². The first-order chi connectivity index (χ1) is 16.5. The first-order valence-corrected chi connectivity index (χ1v) is 10.4. The van der Waals surface area contributed by atoms with Crippen molar-refractivity contribution in [3.05, 3.63) is 65.0 Å². The van der Waals surface area contributed by atoms with Crippen molar-refractivity contribution in [2.24, 2.45) is 0 Å². The highest BCUT2D eigenvalue weighted by Crippen LogP contribution is 2.37. The van der Waals surface area contributed by atoms with E-state index >= 15 is 0 Å². The van der Waals surface area contributed by atoms with E-state index in [-0.39, 0.29) is 30.9 Å². The van der Waals surface area contributed by atoms with Crippen LogP contribution in [0.5, 0.6) is 0 Å². The molecular formula is C23H19F4N5O3. The molecule has 1 spiro atoms. The third kappa shape index (κ3) is 4.14. The summed E-state index contributed by atoms with van der Waals surface area (Å²) in [7, 11) is 1.41. The number of amides is 4. The minimum atomic E-state index is -4.52. The minimum Gasteiger partial charge on any atom is -0.341 e. The van der Waals surface area contributed by atoms with Gasteiger partial charge >= 0.3 is 12.2 Å². The molecule has 2 fully saturated rings. The number of nitriles is 1. The van der Waals surface area contributed by atoms with Crippen molar-refractivity contribution in [3.8, 4) is 6.07 Å². The highest BCUT2D eigenvalue weighted by atomic mass is 19.4. The van der Waals surface area contributed by atoms with E-state index in [2.05, 4.69) is 5.32 Å². The van der Waals surface area contributed by atoms with Crippen LogP contribution in [0.4, 0.5) is 28.0 Å². The molecule has 0 atom stereocenters. The number of hydrogen-bond donors (Lipinski definition) is 1. The van der Waals surface area contributed by atoms with Crippen molar-refractivity contribution in [1.82, 2.24) is 15.1 Å². The van der Waals surface area contributed by atoms with Crippen molar-refractivity contribution in [3.63, 3.8) is 0 Å². The summed E-state index contributed by atoms with van der Waals surface area (Å²) < 4.78 is 52.9. The quantitative estimate of drug-likeness (QED) is 0.670. The van der Waals surface area contributed by atoms with Crippen LogP contribution in [-0.2, 0) is 22.3 Å². The molecule has 8 nitrogen and oxygen atoms in total. The number of piperazine rings is 1. The molecule has 0 aliphatic carbocycles. The Morgan fingerprint density at radius 2 is 1.80 bits per heavy atom. The molecule has 35 heavy (non-hydrogen) atoms. The van der Waals surface area contributed by atoms with E-state index < -0.39 is 47.5 Å². The van der Waals surface area contributed by atoms with E-state index in [9.17, 15) is 31.9 Å². The Bertz CT molecular complexity index is 1230. The molecule has 0 radical (unpaired) electrons. The molecule has 0 aromatic heterocycles. The summed E-state index contributed by atoms with van der Waals surface area (Å²) in [4.78, 5) is 42.6.